The van der Waals surface area contributed by atoms with Crippen molar-refractivity contribution in [3.8, 4) is 5.75 Å². The van der Waals surface area contributed by atoms with Crippen molar-refractivity contribution < 1.29 is 19.1 Å². The number of benzene rings is 1. The van der Waals surface area contributed by atoms with Crippen LogP contribution in [0.3, 0.4) is 0 Å². The van der Waals surface area contributed by atoms with E-state index in [2.05, 4.69) is 22.2 Å². The minimum Gasteiger partial charge on any atom is -0.489 e. The van der Waals surface area contributed by atoms with Crippen molar-refractivity contribution in [2.24, 2.45) is 0 Å². The zero-order valence-electron chi connectivity index (χ0n) is 16.6. The van der Waals surface area contributed by atoms with Crippen LogP contribution in [0.25, 0.3) is 0 Å². The molecule has 1 aromatic carbocycles. The molecule has 1 saturated heterocycles. The third kappa shape index (κ3) is 4.60. The van der Waals surface area contributed by atoms with E-state index in [0.717, 1.165) is 10.5 Å². The molecule has 2 heterocycles. The van der Waals surface area contributed by atoms with E-state index < -0.39 is 29.9 Å². The van der Waals surface area contributed by atoms with E-state index in [-0.39, 0.29) is 11.0 Å². The summed E-state index contributed by atoms with van der Waals surface area (Å²) in [5, 5.41) is 5.39. The first-order valence-electron chi connectivity index (χ1n) is 9.13. The van der Waals surface area contributed by atoms with Gasteiger partial charge in [-0.05, 0) is 49.2 Å². The lowest BCUT2D eigenvalue weighted by atomic mass is 9.92. The molecular weight excluding hydrogens is 408 g/mol. The molecule has 1 aliphatic rings. The van der Waals surface area contributed by atoms with E-state index >= 15 is 0 Å². The summed E-state index contributed by atoms with van der Waals surface area (Å²) >= 11 is 5.79. The monoisotopic (exact) mass is 428 g/mol. The number of carbonyl (C=O) groups excluding carboxylic acids is 3. The van der Waals surface area contributed by atoms with Gasteiger partial charge in [-0.3, -0.25) is 14.5 Å². The van der Waals surface area contributed by atoms with Gasteiger partial charge >= 0.3 is 6.03 Å². The van der Waals surface area contributed by atoms with Gasteiger partial charge < -0.3 is 15.4 Å². The number of pyridine rings is 1. The number of hydrogen-bond acceptors (Lipinski definition) is 5. The molecule has 8 nitrogen and oxygen atoms in total. The summed E-state index contributed by atoms with van der Waals surface area (Å²) in [6, 6.07) is 10.9. The van der Waals surface area contributed by atoms with Crippen LogP contribution in [0.1, 0.15) is 19.4 Å². The molecule has 1 fully saturated rings. The quantitative estimate of drug-likeness (QED) is 0.401. The second-order valence-corrected chi connectivity index (χ2v) is 7.50. The van der Waals surface area contributed by atoms with E-state index in [9.17, 15) is 14.4 Å². The van der Waals surface area contributed by atoms with Gasteiger partial charge in [0.15, 0.2) is 0 Å². The lowest BCUT2D eigenvalue weighted by Crippen LogP contribution is -2.42. The molecule has 30 heavy (non-hydrogen) atoms. The average Bonchev–Trinajstić information content (AvgIpc) is 2.90. The van der Waals surface area contributed by atoms with Crippen molar-refractivity contribution >= 4 is 35.3 Å². The summed E-state index contributed by atoms with van der Waals surface area (Å²) in [5.41, 5.74) is 0.160. The molecule has 2 N–H and O–H groups in total. The summed E-state index contributed by atoms with van der Waals surface area (Å²) in [4.78, 5) is 42.5. The zero-order valence-corrected chi connectivity index (χ0v) is 17.3. The van der Waals surface area contributed by atoms with Crippen LogP contribution in [0.2, 0.25) is 5.15 Å². The average molecular weight is 429 g/mol. The highest BCUT2D eigenvalue weighted by Gasteiger charge is 2.49. The summed E-state index contributed by atoms with van der Waals surface area (Å²) in [5.74, 6) is -0.251. The van der Waals surface area contributed by atoms with Gasteiger partial charge in [0.05, 0.1) is 0 Å². The molecule has 1 atom stereocenters. The predicted octanol–water partition coefficient (Wildman–Crippen LogP) is 3.10. The Balaban J connectivity index is 1.70. The topological polar surface area (TPSA) is 101 Å². The minimum atomic E-state index is -1.29. The number of nitrogens with zero attached hydrogens (tertiary/aromatic N) is 2. The van der Waals surface area contributed by atoms with Gasteiger partial charge in [0.2, 0.25) is 5.91 Å². The first-order chi connectivity index (χ1) is 14.2. The van der Waals surface area contributed by atoms with Gasteiger partial charge in [-0.1, -0.05) is 36.4 Å². The number of urea groups is 1. The zero-order chi connectivity index (χ0) is 21.9. The third-order valence-corrected chi connectivity index (χ3v) is 4.69. The molecule has 0 spiro atoms. The molecule has 0 radical (unpaired) electrons. The number of anilines is 1. The van der Waals surface area contributed by atoms with Crippen LogP contribution in [0.15, 0.2) is 54.6 Å². The Morgan fingerprint density at radius 1 is 1.27 bits per heavy atom. The second kappa shape index (κ2) is 8.54. The fourth-order valence-electron chi connectivity index (χ4n) is 2.93. The standard InChI is InChI=1S/C21H21ClN4O4/c1-13(2)12-30-15-9-7-14(8-10-15)21(3)19(28)26(20(29)25-21)11-18(27)24-17-6-4-5-16(22)23-17/h4-10H,1,11-12H2,2-3H3,(H,25,29)(H,23,24,27). The van der Waals surface area contributed by atoms with Gasteiger partial charge in [0, 0.05) is 0 Å². The highest BCUT2D eigenvalue weighted by molar-refractivity contribution is 6.29. The van der Waals surface area contributed by atoms with Crippen LogP contribution >= 0.6 is 11.6 Å². The Morgan fingerprint density at radius 3 is 2.60 bits per heavy atom. The molecule has 1 aliphatic heterocycles. The van der Waals surface area contributed by atoms with Crippen molar-refractivity contribution in [3.05, 3.63) is 65.3 Å². The molecule has 156 valence electrons. The molecule has 1 aromatic heterocycles. The largest absolute Gasteiger partial charge is 0.489 e. The van der Waals surface area contributed by atoms with Crippen molar-refractivity contribution in [2.75, 3.05) is 18.5 Å². The second-order valence-electron chi connectivity index (χ2n) is 7.11. The molecule has 3 rings (SSSR count). The Kier molecular flexibility index (Phi) is 6.07. The molecule has 0 bridgehead atoms. The van der Waals surface area contributed by atoms with Crippen molar-refractivity contribution in [1.82, 2.24) is 15.2 Å². The highest BCUT2D eigenvalue weighted by atomic mass is 35.5. The molecular formula is C21H21ClN4O4. The number of hydrogen-bond donors (Lipinski definition) is 2. The smallest absolute Gasteiger partial charge is 0.325 e. The Hall–Kier alpha value is -3.39. The van der Waals surface area contributed by atoms with E-state index in [0.29, 0.717) is 17.9 Å². The van der Waals surface area contributed by atoms with Gasteiger partial charge in [0.1, 0.15) is 35.4 Å². The molecule has 4 amide bonds. The van der Waals surface area contributed by atoms with Gasteiger partial charge in [-0.15, -0.1) is 0 Å². The van der Waals surface area contributed by atoms with E-state index in [1.165, 1.54) is 0 Å². The van der Waals surface area contributed by atoms with Crippen LogP contribution < -0.4 is 15.4 Å². The molecule has 1 unspecified atom stereocenters. The third-order valence-electron chi connectivity index (χ3n) is 4.48. The number of nitrogens with one attached hydrogen (secondary N) is 2. The lowest BCUT2D eigenvalue weighted by molar-refractivity contribution is -0.133. The van der Waals surface area contributed by atoms with Crippen LogP contribution in [0.5, 0.6) is 5.75 Å². The molecule has 0 saturated carbocycles. The SMILES string of the molecule is C=C(C)COc1ccc(C2(C)NC(=O)N(CC(=O)Nc3cccc(Cl)n3)C2=O)cc1. The van der Waals surface area contributed by atoms with Crippen molar-refractivity contribution in [3.63, 3.8) is 0 Å². The maximum atomic E-state index is 13.0. The molecule has 2 aromatic rings. The molecule has 9 heteroatoms. The summed E-state index contributed by atoms with van der Waals surface area (Å²) in [6.45, 7) is 7.16. The normalized spacial score (nSPS) is 18.2. The number of halogens is 1. The number of carbonyl (C=O) groups is 3. The van der Waals surface area contributed by atoms with Crippen LogP contribution in [-0.4, -0.2) is 40.9 Å². The Labute approximate surface area is 178 Å². The number of ether oxygens (including phenoxy) is 1. The number of rotatable bonds is 7. The van der Waals surface area contributed by atoms with Gasteiger partial charge in [-0.2, -0.15) is 0 Å². The van der Waals surface area contributed by atoms with E-state index in [1.807, 2.05) is 6.92 Å². The maximum Gasteiger partial charge on any atom is 0.325 e. The van der Waals surface area contributed by atoms with Crippen molar-refractivity contribution in [1.29, 1.82) is 0 Å². The Bertz CT molecular complexity index is 1010. The molecule has 0 aliphatic carbocycles. The van der Waals surface area contributed by atoms with E-state index in [1.54, 1.807) is 49.4 Å². The summed E-state index contributed by atoms with van der Waals surface area (Å²) in [7, 11) is 0. The Morgan fingerprint density at radius 2 is 1.97 bits per heavy atom. The van der Waals surface area contributed by atoms with Gasteiger partial charge in [-0.25, -0.2) is 9.78 Å². The van der Waals surface area contributed by atoms with Crippen LogP contribution in [0.4, 0.5) is 10.6 Å². The fourth-order valence-corrected chi connectivity index (χ4v) is 3.09. The maximum absolute atomic E-state index is 13.0. The number of aromatic nitrogens is 1. The highest BCUT2D eigenvalue weighted by Crippen LogP contribution is 2.30. The first kappa shape index (κ1) is 21.3. The van der Waals surface area contributed by atoms with Gasteiger partial charge in [0.25, 0.3) is 5.91 Å². The van der Waals surface area contributed by atoms with E-state index in [4.69, 9.17) is 16.3 Å². The summed E-state index contributed by atoms with van der Waals surface area (Å²) < 4.78 is 5.55. The first-order valence-corrected chi connectivity index (χ1v) is 9.51. The van der Waals surface area contributed by atoms with Crippen LogP contribution in [-0.2, 0) is 15.1 Å². The van der Waals surface area contributed by atoms with Crippen molar-refractivity contribution in [2.45, 2.75) is 19.4 Å². The fraction of sp³-hybridized carbons (Fsp3) is 0.238. The predicted molar refractivity (Wildman–Crippen MR) is 112 cm³/mol. The van der Waals surface area contributed by atoms with Crippen LogP contribution in [0, 0.1) is 0 Å². The lowest BCUT2D eigenvalue weighted by Gasteiger charge is -2.22. The number of amides is 4. The summed E-state index contributed by atoms with van der Waals surface area (Å²) in [6.07, 6.45) is 0. The minimum absolute atomic E-state index is 0.214. The number of imide groups is 1.